The van der Waals surface area contributed by atoms with E-state index in [9.17, 15) is 9.18 Å². The summed E-state index contributed by atoms with van der Waals surface area (Å²) in [6.45, 7) is 1.24. The zero-order chi connectivity index (χ0) is 14.8. The maximum atomic E-state index is 13.2. The van der Waals surface area contributed by atoms with Crippen molar-refractivity contribution in [2.24, 2.45) is 0 Å². The van der Waals surface area contributed by atoms with Gasteiger partial charge < -0.3 is 15.2 Å². The van der Waals surface area contributed by atoms with Crippen LogP contribution in [-0.2, 0) is 0 Å². The number of rotatable bonds is 2. The molecule has 0 saturated carbocycles. The van der Waals surface area contributed by atoms with Crippen LogP contribution in [0.15, 0.2) is 34.9 Å². The number of piperidine rings is 1. The third-order valence-electron chi connectivity index (χ3n) is 3.82. The highest BCUT2D eigenvalue weighted by molar-refractivity contribution is 5.94. The molecule has 1 saturated heterocycles. The molecule has 3 rings (SSSR count). The molecule has 1 aromatic carbocycles. The summed E-state index contributed by atoms with van der Waals surface area (Å²) < 4.78 is 18.1. The first-order valence-corrected chi connectivity index (χ1v) is 6.90. The molecular formula is C15H16FN3O2. The molecule has 1 aromatic heterocycles. The lowest BCUT2D eigenvalue weighted by atomic mass is 9.93. The summed E-state index contributed by atoms with van der Waals surface area (Å²) in [5, 5.41) is 3.93. The molecule has 5 nitrogen and oxygen atoms in total. The molecule has 0 radical (unpaired) electrons. The predicted molar refractivity (Wildman–Crippen MR) is 75.2 cm³/mol. The van der Waals surface area contributed by atoms with Crippen LogP contribution >= 0.6 is 0 Å². The molecule has 1 fully saturated rings. The zero-order valence-electron chi connectivity index (χ0n) is 11.5. The highest BCUT2D eigenvalue weighted by Gasteiger charge is 2.26. The predicted octanol–water partition coefficient (Wildman–Crippen LogP) is 2.42. The second-order valence-corrected chi connectivity index (χ2v) is 5.23. The van der Waals surface area contributed by atoms with Gasteiger partial charge in [0.25, 0.3) is 5.91 Å². The highest BCUT2D eigenvalue weighted by atomic mass is 19.1. The van der Waals surface area contributed by atoms with Gasteiger partial charge in [-0.2, -0.15) is 0 Å². The van der Waals surface area contributed by atoms with Crippen molar-refractivity contribution in [2.75, 3.05) is 18.8 Å². The molecule has 0 unspecified atom stereocenters. The first kappa shape index (κ1) is 13.6. The molecule has 0 aliphatic carbocycles. The zero-order valence-corrected chi connectivity index (χ0v) is 11.5. The van der Waals surface area contributed by atoms with Crippen LogP contribution in [-0.4, -0.2) is 29.1 Å². The molecule has 1 aliphatic heterocycles. The van der Waals surface area contributed by atoms with Gasteiger partial charge in [0.1, 0.15) is 5.82 Å². The van der Waals surface area contributed by atoms with Gasteiger partial charge >= 0.3 is 0 Å². The fourth-order valence-electron chi connectivity index (χ4n) is 2.68. The fourth-order valence-corrected chi connectivity index (χ4v) is 2.68. The summed E-state index contributed by atoms with van der Waals surface area (Å²) in [5.74, 6) is 0.0345. The second kappa shape index (κ2) is 5.55. The first-order chi connectivity index (χ1) is 10.1. The van der Waals surface area contributed by atoms with E-state index < -0.39 is 5.82 Å². The minimum Gasteiger partial charge on any atom is -0.368 e. The molecule has 110 valence electrons. The van der Waals surface area contributed by atoms with Crippen molar-refractivity contribution < 1.29 is 13.7 Å². The lowest BCUT2D eigenvalue weighted by Gasteiger charge is -2.31. The van der Waals surface area contributed by atoms with Crippen LogP contribution in [0.3, 0.4) is 0 Å². The standard InChI is InChI=1S/C15H16FN3O2/c16-12-3-1-2-11(8-12)15(20)19-6-4-10(5-7-19)13-9-14(17)21-18-13/h1-3,8-10H,4-7,17H2. The van der Waals surface area contributed by atoms with Crippen LogP contribution in [0.5, 0.6) is 0 Å². The van der Waals surface area contributed by atoms with Crippen molar-refractivity contribution in [1.29, 1.82) is 0 Å². The monoisotopic (exact) mass is 289 g/mol. The molecule has 21 heavy (non-hydrogen) atoms. The Bertz CT molecular complexity index is 648. The number of nitrogens with two attached hydrogens (primary N) is 1. The van der Waals surface area contributed by atoms with Gasteiger partial charge in [0.05, 0.1) is 5.69 Å². The molecule has 0 atom stereocenters. The average molecular weight is 289 g/mol. The van der Waals surface area contributed by atoms with Crippen LogP contribution < -0.4 is 5.73 Å². The summed E-state index contributed by atoms with van der Waals surface area (Å²) in [4.78, 5) is 14.0. The van der Waals surface area contributed by atoms with Crippen molar-refractivity contribution in [3.63, 3.8) is 0 Å². The van der Waals surface area contributed by atoms with Gasteiger partial charge in [0.15, 0.2) is 0 Å². The summed E-state index contributed by atoms with van der Waals surface area (Å²) in [7, 11) is 0. The van der Waals surface area contributed by atoms with Crippen LogP contribution in [0, 0.1) is 5.82 Å². The van der Waals surface area contributed by atoms with Gasteiger partial charge in [0.2, 0.25) is 5.88 Å². The Hall–Kier alpha value is -2.37. The molecule has 6 heteroatoms. The van der Waals surface area contributed by atoms with Gasteiger partial charge in [0, 0.05) is 30.6 Å². The van der Waals surface area contributed by atoms with Crippen LogP contribution in [0.25, 0.3) is 0 Å². The summed E-state index contributed by atoms with van der Waals surface area (Å²) >= 11 is 0. The van der Waals surface area contributed by atoms with Crippen LogP contribution in [0.2, 0.25) is 0 Å². The molecule has 1 aliphatic rings. The third-order valence-corrected chi connectivity index (χ3v) is 3.82. The Morgan fingerprint density at radius 1 is 1.33 bits per heavy atom. The number of amides is 1. The molecule has 2 N–H and O–H groups in total. The van der Waals surface area contributed by atoms with Gasteiger partial charge in [-0.1, -0.05) is 11.2 Å². The number of carbonyl (C=O) groups excluding carboxylic acids is 1. The average Bonchev–Trinajstić information content (AvgIpc) is 2.93. The largest absolute Gasteiger partial charge is 0.368 e. The maximum Gasteiger partial charge on any atom is 0.253 e. The topological polar surface area (TPSA) is 72.4 Å². The van der Waals surface area contributed by atoms with Crippen LogP contribution in [0.1, 0.15) is 34.8 Å². The number of benzene rings is 1. The number of hydrogen-bond donors (Lipinski definition) is 1. The summed E-state index contributed by atoms with van der Waals surface area (Å²) in [6.07, 6.45) is 1.60. The van der Waals surface area contributed by atoms with E-state index in [0.29, 0.717) is 24.5 Å². The van der Waals surface area contributed by atoms with Crippen LogP contribution in [0.4, 0.5) is 10.3 Å². The highest BCUT2D eigenvalue weighted by Crippen LogP contribution is 2.28. The number of halogens is 1. The number of hydrogen-bond acceptors (Lipinski definition) is 4. The molecule has 2 heterocycles. The Balaban J connectivity index is 1.64. The van der Waals surface area contributed by atoms with E-state index in [0.717, 1.165) is 18.5 Å². The number of aromatic nitrogens is 1. The number of carbonyl (C=O) groups is 1. The van der Waals surface area contributed by atoms with E-state index in [1.807, 2.05) is 0 Å². The summed E-state index contributed by atoms with van der Waals surface area (Å²) in [5.41, 5.74) is 6.75. The SMILES string of the molecule is Nc1cc(C2CCN(C(=O)c3cccc(F)c3)CC2)no1. The van der Waals surface area contributed by atoms with E-state index in [4.69, 9.17) is 10.3 Å². The van der Waals surface area contributed by atoms with E-state index in [1.54, 1.807) is 23.1 Å². The minimum atomic E-state index is -0.395. The van der Waals surface area contributed by atoms with Crippen molar-refractivity contribution in [3.8, 4) is 0 Å². The van der Waals surface area contributed by atoms with Crippen molar-refractivity contribution in [2.45, 2.75) is 18.8 Å². The Morgan fingerprint density at radius 3 is 2.71 bits per heavy atom. The third kappa shape index (κ3) is 2.89. The number of nitrogen functional groups attached to an aromatic ring is 1. The van der Waals surface area contributed by atoms with Crippen molar-refractivity contribution in [1.82, 2.24) is 10.1 Å². The molecule has 0 spiro atoms. The van der Waals surface area contributed by atoms with Gasteiger partial charge in [-0.15, -0.1) is 0 Å². The Kier molecular flexibility index (Phi) is 3.60. The van der Waals surface area contributed by atoms with E-state index >= 15 is 0 Å². The fraction of sp³-hybridized carbons (Fsp3) is 0.333. The normalized spacial score (nSPS) is 16.1. The molecule has 0 bridgehead atoms. The number of nitrogens with zero attached hydrogens (tertiary/aromatic N) is 2. The van der Waals surface area contributed by atoms with Gasteiger partial charge in [-0.3, -0.25) is 4.79 Å². The maximum absolute atomic E-state index is 13.2. The number of likely N-dealkylation sites (tertiary alicyclic amines) is 1. The smallest absolute Gasteiger partial charge is 0.253 e. The quantitative estimate of drug-likeness (QED) is 0.921. The second-order valence-electron chi connectivity index (χ2n) is 5.23. The Labute approximate surface area is 121 Å². The van der Waals surface area contributed by atoms with E-state index in [1.165, 1.54) is 12.1 Å². The lowest BCUT2D eigenvalue weighted by molar-refractivity contribution is 0.0711. The molecular weight excluding hydrogens is 273 g/mol. The van der Waals surface area contributed by atoms with Crippen molar-refractivity contribution >= 4 is 11.8 Å². The summed E-state index contributed by atoms with van der Waals surface area (Å²) in [6, 6.07) is 7.52. The first-order valence-electron chi connectivity index (χ1n) is 6.90. The lowest BCUT2D eigenvalue weighted by Crippen LogP contribution is -2.38. The van der Waals surface area contributed by atoms with E-state index in [-0.39, 0.29) is 11.8 Å². The Morgan fingerprint density at radius 2 is 2.10 bits per heavy atom. The molecule has 1 amide bonds. The van der Waals surface area contributed by atoms with Crippen molar-refractivity contribution in [3.05, 3.63) is 47.4 Å². The van der Waals surface area contributed by atoms with Gasteiger partial charge in [-0.05, 0) is 31.0 Å². The minimum absolute atomic E-state index is 0.132. The van der Waals surface area contributed by atoms with Gasteiger partial charge in [-0.25, -0.2) is 4.39 Å². The molecule has 2 aromatic rings. The van der Waals surface area contributed by atoms with E-state index in [2.05, 4.69) is 5.16 Å². The number of anilines is 1.